The van der Waals surface area contributed by atoms with Crippen LogP contribution in [0.4, 0.5) is 0 Å². The predicted molar refractivity (Wildman–Crippen MR) is 45.2 cm³/mol. The molecule has 7 N–H and O–H groups in total. The zero-order valence-corrected chi connectivity index (χ0v) is 7.39. The second kappa shape index (κ2) is 6.02. The number of hydrogen-bond acceptors (Lipinski definition) is 7. The zero-order chi connectivity index (χ0) is 11.3. The molecule has 0 radical (unpaired) electrons. The van der Waals surface area contributed by atoms with Gasteiger partial charge in [-0.05, 0) is 0 Å². The van der Waals surface area contributed by atoms with Crippen LogP contribution in [-0.2, 0) is 4.79 Å². The fraction of sp³-hybridized carbons (Fsp3) is 0.857. The molecule has 7 heteroatoms. The molecule has 0 rings (SSSR count). The highest BCUT2D eigenvalue weighted by Gasteiger charge is 2.33. The molecule has 0 aliphatic heterocycles. The smallest absolute Gasteiger partial charge is 0.151 e. The van der Waals surface area contributed by atoms with Gasteiger partial charge in [0.2, 0.25) is 0 Å². The van der Waals surface area contributed by atoms with Crippen molar-refractivity contribution in [1.29, 1.82) is 0 Å². The standard InChI is InChI=1S/C7H15NO6/c8-1-3(10)5(12)7(14)6(13)4(11)2-9/h2-7,10-14H,1,8H2/t3-,4+,5-,6-,7+/m1/s1. The molecule has 0 heterocycles. The third-order valence-corrected chi connectivity index (χ3v) is 1.82. The summed E-state index contributed by atoms with van der Waals surface area (Å²) in [6.07, 6.45) is -8.65. The van der Waals surface area contributed by atoms with Gasteiger partial charge >= 0.3 is 0 Å². The normalized spacial score (nSPS) is 22.1. The van der Waals surface area contributed by atoms with Crippen LogP contribution < -0.4 is 5.73 Å². The molecule has 0 spiro atoms. The summed E-state index contributed by atoms with van der Waals surface area (Å²) in [5.74, 6) is 0. The minimum atomic E-state index is -1.86. The number of aliphatic hydroxyl groups is 5. The molecule has 0 aliphatic rings. The van der Waals surface area contributed by atoms with Crippen molar-refractivity contribution < 1.29 is 30.3 Å². The van der Waals surface area contributed by atoms with E-state index in [0.29, 0.717) is 0 Å². The van der Waals surface area contributed by atoms with Gasteiger partial charge in [0, 0.05) is 6.54 Å². The minimum Gasteiger partial charge on any atom is -0.389 e. The lowest BCUT2D eigenvalue weighted by atomic mass is 10.00. The fourth-order valence-corrected chi connectivity index (χ4v) is 0.852. The van der Waals surface area contributed by atoms with Crippen LogP contribution in [-0.4, -0.2) is 68.9 Å². The molecular formula is C7H15NO6. The first-order valence-corrected chi connectivity index (χ1v) is 4.01. The Morgan fingerprint density at radius 1 is 1.00 bits per heavy atom. The van der Waals surface area contributed by atoms with E-state index in [1.165, 1.54) is 0 Å². The summed E-state index contributed by atoms with van der Waals surface area (Å²) in [6.45, 7) is -0.317. The molecular weight excluding hydrogens is 194 g/mol. The van der Waals surface area contributed by atoms with Crippen LogP contribution in [0.2, 0.25) is 0 Å². The zero-order valence-electron chi connectivity index (χ0n) is 7.39. The molecule has 84 valence electrons. The van der Waals surface area contributed by atoms with Crippen molar-refractivity contribution in [2.24, 2.45) is 5.73 Å². The van der Waals surface area contributed by atoms with Gasteiger partial charge in [-0.1, -0.05) is 0 Å². The van der Waals surface area contributed by atoms with Crippen LogP contribution in [0.5, 0.6) is 0 Å². The largest absolute Gasteiger partial charge is 0.389 e. The van der Waals surface area contributed by atoms with Crippen molar-refractivity contribution in [2.75, 3.05) is 6.54 Å². The molecule has 0 saturated heterocycles. The van der Waals surface area contributed by atoms with Crippen molar-refractivity contribution in [3.8, 4) is 0 Å². The van der Waals surface area contributed by atoms with Gasteiger partial charge in [0.25, 0.3) is 0 Å². The quantitative estimate of drug-likeness (QED) is 0.244. The monoisotopic (exact) mass is 209 g/mol. The summed E-state index contributed by atoms with van der Waals surface area (Å²) in [5, 5.41) is 45.1. The van der Waals surface area contributed by atoms with E-state index in [4.69, 9.17) is 31.3 Å². The van der Waals surface area contributed by atoms with E-state index in [9.17, 15) is 4.79 Å². The highest BCUT2D eigenvalue weighted by molar-refractivity contribution is 5.56. The van der Waals surface area contributed by atoms with E-state index in [1.54, 1.807) is 0 Å². The lowest BCUT2D eigenvalue weighted by Crippen LogP contribution is -2.51. The summed E-state index contributed by atoms with van der Waals surface area (Å²) in [6, 6.07) is 0. The molecule has 0 bridgehead atoms. The highest BCUT2D eigenvalue weighted by Crippen LogP contribution is 2.06. The molecule has 0 fully saturated rings. The van der Waals surface area contributed by atoms with Gasteiger partial charge in [-0.3, -0.25) is 0 Å². The summed E-state index contributed by atoms with van der Waals surface area (Å²) >= 11 is 0. The Morgan fingerprint density at radius 2 is 1.50 bits per heavy atom. The van der Waals surface area contributed by atoms with Crippen molar-refractivity contribution in [2.45, 2.75) is 30.5 Å². The Bertz CT molecular complexity index is 178. The number of aliphatic hydroxyl groups excluding tert-OH is 5. The first kappa shape index (κ1) is 13.4. The van der Waals surface area contributed by atoms with Crippen LogP contribution in [0.15, 0.2) is 0 Å². The Labute approximate surface area is 80.4 Å². The lowest BCUT2D eigenvalue weighted by molar-refractivity contribution is -0.143. The Balaban J connectivity index is 4.29. The van der Waals surface area contributed by atoms with Gasteiger partial charge in [0.1, 0.15) is 24.4 Å². The molecule has 0 amide bonds. The van der Waals surface area contributed by atoms with Gasteiger partial charge < -0.3 is 36.1 Å². The summed E-state index contributed by atoms with van der Waals surface area (Å²) in [4.78, 5) is 10.0. The molecule has 7 nitrogen and oxygen atoms in total. The van der Waals surface area contributed by atoms with Crippen molar-refractivity contribution in [1.82, 2.24) is 0 Å². The molecule has 0 aliphatic carbocycles. The Hall–Kier alpha value is -0.570. The van der Waals surface area contributed by atoms with Crippen LogP contribution in [0.25, 0.3) is 0 Å². The van der Waals surface area contributed by atoms with Gasteiger partial charge in [0.15, 0.2) is 6.29 Å². The van der Waals surface area contributed by atoms with Gasteiger partial charge in [-0.2, -0.15) is 0 Å². The van der Waals surface area contributed by atoms with E-state index < -0.39 is 30.5 Å². The number of aldehydes is 1. The number of rotatable bonds is 6. The predicted octanol–water partition coefficient (Wildman–Crippen LogP) is -4.05. The van der Waals surface area contributed by atoms with Gasteiger partial charge in [-0.25, -0.2) is 0 Å². The molecule has 14 heavy (non-hydrogen) atoms. The summed E-state index contributed by atoms with van der Waals surface area (Å²) in [7, 11) is 0. The van der Waals surface area contributed by atoms with Gasteiger partial charge in [-0.15, -0.1) is 0 Å². The van der Waals surface area contributed by atoms with E-state index in [0.717, 1.165) is 0 Å². The average molecular weight is 209 g/mol. The summed E-state index contributed by atoms with van der Waals surface area (Å²) < 4.78 is 0. The summed E-state index contributed by atoms with van der Waals surface area (Å²) in [5.41, 5.74) is 4.98. The van der Waals surface area contributed by atoms with E-state index >= 15 is 0 Å². The van der Waals surface area contributed by atoms with Crippen LogP contribution >= 0.6 is 0 Å². The topological polar surface area (TPSA) is 144 Å². The van der Waals surface area contributed by atoms with Crippen LogP contribution in [0.3, 0.4) is 0 Å². The molecule has 0 unspecified atom stereocenters. The van der Waals surface area contributed by atoms with E-state index in [-0.39, 0.29) is 12.8 Å². The third-order valence-electron chi connectivity index (χ3n) is 1.82. The third kappa shape index (κ3) is 3.29. The van der Waals surface area contributed by atoms with Crippen molar-refractivity contribution >= 4 is 6.29 Å². The minimum absolute atomic E-state index is 0.00936. The fourth-order valence-electron chi connectivity index (χ4n) is 0.852. The van der Waals surface area contributed by atoms with Crippen molar-refractivity contribution in [3.05, 3.63) is 0 Å². The second-order valence-electron chi connectivity index (χ2n) is 2.90. The number of nitrogens with two attached hydrogens (primary N) is 1. The maximum absolute atomic E-state index is 10.0. The molecule has 0 aromatic carbocycles. The van der Waals surface area contributed by atoms with Crippen LogP contribution in [0, 0.1) is 0 Å². The Morgan fingerprint density at radius 3 is 1.86 bits per heavy atom. The molecule has 0 aromatic rings. The second-order valence-corrected chi connectivity index (χ2v) is 2.90. The highest BCUT2D eigenvalue weighted by atomic mass is 16.4. The van der Waals surface area contributed by atoms with Crippen molar-refractivity contribution in [3.63, 3.8) is 0 Å². The maximum Gasteiger partial charge on any atom is 0.151 e. The van der Waals surface area contributed by atoms with E-state index in [2.05, 4.69) is 0 Å². The molecule has 0 saturated carbocycles. The maximum atomic E-state index is 10.0. The Kier molecular flexibility index (Phi) is 5.77. The number of carbonyl (C=O) groups is 1. The number of hydrogen-bond donors (Lipinski definition) is 6. The first-order valence-electron chi connectivity index (χ1n) is 4.01. The lowest BCUT2D eigenvalue weighted by Gasteiger charge is -2.26. The van der Waals surface area contributed by atoms with Crippen LogP contribution in [0.1, 0.15) is 0 Å². The van der Waals surface area contributed by atoms with Gasteiger partial charge in [0.05, 0.1) is 6.10 Å². The first-order chi connectivity index (χ1) is 6.45. The van der Waals surface area contributed by atoms with E-state index in [1.807, 2.05) is 0 Å². The average Bonchev–Trinajstić information content (AvgIpc) is 2.23. The molecule has 5 atom stereocenters. The number of carbonyl (C=O) groups excluding carboxylic acids is 1. The molecule has 0 aromatic heterocycles. The SMILES string of the molecule is NC[C@@H](O)[C@@H](O)[C@H](O)[C@H](O)[C@@H](O)C=O.